The van der Waals surface area contributed by atoms with Gasteiger partial charge in [-0.25, -0.2) is 0 Å². The SMILES string of the molecule is COc1cc(C(=O)NCC2CCCC(O)C2)ccc1N. The van der Waals surface area contributed by atoms with Gasteiger partial charge in [-0.3, -0.25) is 4.79 Å². The van der Waals surface area contributed by atoms with Gasteiger partial charge in [0.05, 0.1) is 18.9 Å². The summed E-state index contributed by atoms with van der Waals surface area (Å²) in [6, 6.07) is 4.99. The number of aliphatic hydroxyl groups excluding tert-OH is 1. The van der Waals surface area contributed by atoms with Crippen LogP contribution in [0.2, 0.25) is 0 Å². The van der Waals surface area contributed by atoms with Crippen LogP contribution in [0.25, 0.3) is 0 Å². The van der Waals surface area contributed by atoms with E-state index in [1.807, 2.05) is 0 Å². The topological polar surface area (TPSA) is 84.6 Å². The van der Waals surface area contributed by atoms with Crippen LogP contribution in [0.5, 0.6) is 5.75 Å². The number of hydrogen-bond acceptors (Lipinski definition) is 4. The second kappa shape index (κ2) is 6.61. The summed E-state index contributed by atoms with van der Waals surface area (Å²) in [5.41, 5.74) is 6.77. The Morgan fingerprint density at radius 2 is 2.30 bits per heavy atom. The van der Waals surface area contributed by atoms with Crippen LogP contribution in [-0.4, -0.2) is 30.8 Å². The first kappa shape index (κ1) is 14.7. The molecule has 2 unspecified atom stereocenters. The van der Waals surface area contributed by atoms with Crippen LogP contribution in [0.3, 0.4) is 0 Å². The lowest BCUT2D eigenvalue weighted by atomic mass is 9.87. The lowest BCUT2D eigenvalue weighted by Gasteiger charge is -2.25. The summed E-state index contributed by atoms with van der Waals surface area (Å²) in [6.45, 7) is 0.600. The van der Waals surface area contributed by atoms with Gasteiger partial charge in [0.1, 0.15) is 5.75 Å². The number of nitrogens with one attached hydrogen (secondary N) is 1. The molecule has 1 aliphatic carbocycles. The number of ether oxygens (including phenoxy) is 1. The van der Waals surface area contributed by atoms with E-state index in [1.54, 1.807) is 18.2 Å². The molecule has 0 bridgehead atoms. The first-order valence-corrected chi connectivity index (χ1v) is 7.00. The molecule has 5 nitrogen and oxygen atoms in total. The van der Waals surface area contributed by atoms with Crippen molar-refractivity contribution in [2.45, 2.75) is 31.8 Å². The van der Waals surface area contributed by atoms with E-state index < -0.39 is 0 Å². The summed E-state index contributed by atoms with van der Waals surface area (Å²) in [5.74, 6) is 0.729. The Kier molecular flexibility index (Phi) is 4.84. The number of nitrogens with two attached hydrogens (primary N) is 1. The highest BCUT2D eigenvalue weighted by molar-refractivity contribution is 5.95. The molecule has 5 heteroatoms. The Labute approximate surface area is 119 Å². The van der Waals surface area contributed by atoms with Gasteiger partial charge in [-0.1, -0.05) is 6.42 Å². The maximum atomic E-state index is 12.1. The quantitative estimate of drug-likeness (QED) is 0.730. The summed E-state index contributed by atoms with van der Waals surface area (Å²) >= 11 is 0. The van der Waals surface area contributed by atoms with Gasteiger partial charge in [-0.15, -0.1) is 0 Å². The van der Waals surface area contributed by atoms with Crippen LogP contribution in [0.15, 0.2) is 18.2 Å². The second-order valence-corrected chi connectivity index (χ2v) is 5.35. The molecule has 1 aromatic rings. The highest BCUT2D eigenvalue weighted by Crippen LogP contribution is 2.24. The number of amides is 1. The van der Waals surface area contributed by atoms with Gasteiger partial charge < -0.3 is 20.9 Å². The summed E-state index contributed by atoms with van der Waals surface area (Å²) in [7, 11) is 1.52. The van der Waals surface area contributed by atoms with Gasteiger partial charge in [0.15, 0.2) is 0 Å². The Hall–Kier alpha value is -1.75. The Bertz CT molecular complexity index is 476. The molecule has 1 aliphatic rings. The third kappa shape index (κ3) is 3.63. The Balaban J connectivity index is 1.91. The van der Waals surface area contributed by atoms with Crippen LogP contribution < -0.4 is 15.8 Å². The van der Waals surface area contributed by atoms with Gasteiger partial charge in [0, 0.05) is 12.1 Å². The standard InChI is InChI=1S/C15H22N2O3/c1-20-14-8-11(5-6-13(14)16)15(19)17-9-10-3-2-4-12(18)7-10/h5-6,8,10,12,18H,2-4,7,9,16H2,1H3,(H,17,19). The van der Waals surface area contributed by atoms with E-state index in [0.29, 0.717) is 29.5 Å². The molecule has 0 radical (unpaired) electrons. The summed E-state index contributed by atoms with van der Waals surface area (Å²) < 4.78 is 5.11. The number of carbonyl (C=O) groups excluding carboxylic acids is 1. The van der Waals surface area contributed by atoms with E-state index in [-0.39, 0.29) is 12.0 Å². The van der Waals surface area contributed by atoms with E-state index in [1.165, 1.54) is 7.11 Å². The third-order valence-corrected chi connectivity index (χ3v) is 3.80. The predicted molar refractivity (Wildman–Crippen MR) is 77.7 cm³/mol. The molecule has 1 aromatic carbocycles. The van der Waals surface area contributed by atoms with Crippen molar-refractivity contribution in [3.05, 3.63) is 23.8 Å². The number of nitrogen functional groups attached to an aromatic ring is 1. The van der Waals surface area contributed by atoms with Crippen molar-refractivity contribution in [3.8, 4) is 5.75 Å². The molecule has 2 atom stereocenters. The van der Waals surface area contributed by atoms with E-state index in [2.05, 4.69) is 5.32 Å². The molecule has 0 aromatic heterocycles. The van der Waals surface area contributed by atoms with Crippen molar-refractivity contribution in [1.29, 1.82) is 0 Å². The molecule has 2 rings (SSSR count). The third-order valence-electron chi connectivity index (χ3n) is 3.80. The molecule has 1 amide bonds. The molecule has 0 saturated heterocycles. The lowest BCUT2D eigenvalue weighted by Crippen LogP contribution is -2.33. The fourth-order valence-corrected chi connectivity index (χ4v) is 2.64. The fourth-order valence-electron chi connectivity index (χ4n) is 2.64. The van der Waals surface area contributed by atoms with E-state index in [9.17, 15) is 9.90 Å². The van der Waals surface area contributed by atoms with Crippen LogP contribution >= 0.6 is 0 Å². The molecule has 0 heterocycles. The summed E-state index contributed by atoms with van der Waals surface area (Å²) in [6.07, 6.45) is 3.51. The van der Waals surface area contributed by atoms with Gasteiger partial charge in [0.2, 0.25) is 0 Å². The zero-order valence-corrected chi connectivity index (χ0v) is 11.8. The van der Waals surface area contributed by atoms with Crippen molar-refractivity contribution in [2.75, 3.05) is 19.4 Å². The van der Waals surface area contributed by atoms with Crippen molar-refractivity contribution in [1.82, 2.24) is 5.32 Å². The van der Waals surface area contributed by atoms with Crippen molar-refractivity contribution in [2.24, 2.45) is 5.92 Å². The van der Waals surface area contributed by atoms with Crippen molar-refractivity contribution in [3.63, 3.8) is 0 Å². The summed E-state index contributed by atoms with van der Waals surface area (Å²) in [5, 5.41) is 12.5. The molecule has 0 aliphatic heterocycles. The molecule has 1 fully saturated rings. The average molecular weight is 278 g/mol. The molecule has 20 heavy (non-hydrogen) atoms. The number of benzene rings is 1. The number of hydrogen-bond donors (Lipinski definition) is 3. The molecule has 4 N–H and O–H groups in total. The number of carbonyl (C=O) groups is 1. The number of aliphatic hydroxyl groups is 1. The zero-order valence-electron chi connectivity index (χ0n) is 11.8. The predicted octanol–water partition coefficient (Wildman–Crippen LogP) is 1.56. The number of methoxy groups -OCH3 is 1. The van der Waals surface area contributed by atoms with Crippen LogP contribution in [0, 0.1) is 5.92 Å². The Morgan fingerprint density at radius 3 is 3.00 bits per heavy atom. The van der Waals surface area contributed by atoms with E-state index >= 15 is 0 Å². The first-order valence-electron chi connectivity index (χ1n) is 7.00. The largest absolute Gasteiger partial charge is 0.495 e. The first-order chi connectivity index (χ1) is 9.60. The smallest absolute Gasteiger partial charge is 0.251 e. The minimum Gasteiger partial charge on any atom is -0.495 e. The zero-order chi connectivity index (χ0) is 14.5. The number of anilines is 1. The van der Waals surface area contributed by atoms with Gasteiger partial charge >= 0.3 is 0 Å². The maximum absolute atomic E-state index is 12.1. The van der Waals surface area contributed by atoms with Gasteiger partial charge in [-0.05, 0) is 43.4 Å². The second-order valence-electron chi connectivity index (χ2n) is 5.35. The summed E-state index contributed by atoms with van der Waals surface area (Å²) in [4.78, 5) is 12.1. The molecule has 0 spiro atoms. The highest BCUT2D eigenvalue weighted by atomic mass is 16.5. The van der Waals surface area contributed by atoms with Gasteiger partial charge in [-0.2, -0.15) is 0 Å². The van der Waals surface area contributed by atoms with Crippen molar-refractivity contribution >= 4 is 11.6 Å². The minimum absolute atomic E-state index is 0.136. The van der Waals surface area contributed by atoms with Crippen LogP contribution in [0.1, 0.15) is 36.0 Å². The van der Waals surface area contributed by atoms with Crippen molar-refractivity contribution < 1.29 is 14.6 Å². The average Bonchev–Trinajstić information content (AvgIpc) is 2.45. The van der Waals surface area contributed by atoms with Crippen LogP contribution in [0.4, 0.5) is 5.69 Å². The minimum atomic E-state index is -0.220. The monoisotopic (exact) mass is 278 g/mol. The molecular formula is C15H22N2O3. The van der Waals surface area contributed by atoms with E-state index in [0.717, 1.165) is 25.7 Å². The molecule has 1 saturated carbocycles. The molecular weight excluding hydrogens is 256 g/mol. The highest BCUT2D eigenvalue weighted by Gasteiger charge is 2.20. The fraction of sp³-hybridized carbons (Fsp3) is 0.533. The van der Waals surface area contributed by atoms with Crippen LogP contribution in [-0.2, 0) is 0 Å². The van der Waals surface area contributed by atoms with Gasteiger partial charge in [0.25, 0.3) is 5.91 Å². The maximum Gasteiger partial charge on any atom is 0.251 e. The Morgan fingerprint density at radius 1 is 1.50 bits per heavy atom. The number of rotatable bonds is 4. The molecule has 110 valence electrons. The van der Waals surface area contributed by atoms with E-state index in [4.69, 9.17) is 10.5 Å². The lowest BCUT2D eigenvalue weighted by molar-refractivity contribution is 0.0873. The normalized spacial score (nSPS) is 22.3.